The number of H-pyrrole nitrogens is 1. The fourth-order valence-corrected chi connectivity index (χ4v) is 4.66. The summed E-state index contributed by atoms with van der Waals surface area (Å²) in [6, 6.07) is 0. The Morgan fingerprint density at radius 3 is 2.41 bits per heavy atom. The molecule has 1 fully saturated rings. The van der Waals surface area contributed by atoms with Crippen LogP contribution in [0.15, 0.2) is 15.8 Å². The molecule has 4 atom stereocenters. The minimum Gasteiger partial charge on any atom is -0.460 e. The van der Waals surface area contributed by atoms with E-state index in [0.29, 0.717) is 12.0 Å². The summed E-state index contributed by atoms with van der Waals surface area (Å²) in [6.45, 7) is 17.4. The van der Waals surface area contributed by atoms with Crippen LogP contribution in [0.3, 0.4) is 0 Å². The quantitative estimate of drug-likeness (QED) is 0.484. The van der Waals surface area contributed by atoms with Gasteiger partial charge in [0.25, 0.3) is 5.56 Å². The molecule has 10 heteroatoms. The van der Waals surface area contributed by atoms with E-state index in [1.807, 2.05) is 0 Å². The van der Waals surface area contributed by atoms with Crippen molar-refractivity contribution in [2.75, 3.05) is 0 Å². The predicted octanol–water partition coefficient (Wildman–Crippen LogP) is 2.62. The maximum Gasteiger partial charge on any atom is 0.330 e. The molecular weight excluding hydrogens is 432 g/mol. The molecule has 1 aromatic heterocycles. The van der Waals surface area contributed by atoms with E-state index >= 15 is 0 Å². The molecule has 0 saturated carbocycles. The molecular formula is C22H38N2O7Si. The molecule has 9 nitrogen and oxygen atoms in total. The molecule has 0 spiro atoms. The number of hydrogen-bond acceptors (Lipinski definition) is 7. The molecule has 2 heterocycles. The molecule has 1 aliphatic heterocycles. The zero-order valence-corrected chi connectivity index (χ0v) is 21.6. The normalized spacial score (nSPS) is 23.2. The maximum absolute atomic E-state index is 12.4. The Balaban J connectivity index is 2.33. The number of carbonyl (C=O) groups excluding carboxylic acids is 1. The number of aliphatic hydroxyl groups excluding tert-OH is 1. The first-order valence-electron chi connectivity index (χ1n) is 11.0. The van der Waals surface area contributed by atoms with Crippen molar-refractivity contribution in [3.05, 3.63) is 32.6 Å². The van der Waals surface area contributed by atoms with E-state index < -0.39 is 55.7 Å². The van der Waals surface area contributed by atoms with Crippen molar-refractivity contribution in [3.8, 4) is 0 Å². The summed E-state index contributed by atoms with van der Waals surface area (Å²) < 4.78 is 19.2. The third kappa shape index (κ3) is 6.40. The van der Waals surface area contributed by atoms with Gasteiger partial charge in [-0.15, -0.1) is 0 Å². The van der Waals surface area contributed by atoms with Crippen LogP contribution in [0.4, 0.5) is 0 Å². The van der Waals surface area contributed by atoms with Gasteiger partial charge in [-0.25, -0.2) is 4.79 Å². The summed E-state index contributed by atoms with van der Waals surface area (Å²) in [7, 11) is -2.25. The van der Waals surface area contributed by atoms with Crippen LogP contribution in [0, 0.1) is 6.92 Å². The lowest BCUT2D eigenvalue weighted by atomic mass is 10.0. The van der Waals surface area contributed by atoms with Crippen molar-refractivity contribution in [3.63, 3.8) is 0 Å². The number of aliphatic hydroxyl groups is 1. The number of esters is 1. The van der Waals surface area contributed by atoms with Crippen LogP contribution < -0.4 is 11.2 Å². The van der Waals surface area contributed by atoms with Crippen LogP contribution in [-0.4, -0.2) is 52.9 Å². The Labute approximate surface area is 190 Å². The highest BCUT2D eigenvalue weighted by molar-refractivity contribution is 6.74. The molecule has 0 aromatic carbocycles. The number of aromatic nitrogens is 2. The van der Waals surface area contributed by atoms with Gasteiger partial charge >= 0.3 is 11.7 Å². The summed E-state index contributed by atoms with van der Waals surface area (Å²) in [4.78, 5) is 38.7. The van der Waals surface area contributed by atoms with E-state index in [-0.39, 0.29) is 11.5 Å². The molecule has 0 radical (unpaired) electrons. The van der Waals surface area contributed by atoms with Crippen molar-refractivity contribution < 1.29 is 23.8 Å². The highest BCUT2D eigenvalue weighted by Gasteiger charge is 2.47. The largest absolute Gasteiger partial charge is 0.460 e. The first kappa shape index (κ1) is 26.5. The molecule has 1 saturated heterocycles. The minimum atomic E-state index is -2.25. The Bertz CT molecular complexity index is 939. The standard InChI is InChI=1S/C22H38N2O7Si/c1-13-12-24(20(28)23-19(13)27)16-11-15(31-32(8,9)22(5,6)7)18(29-16)14(25)10-17(26)30-21(2,3)4/h12,14-16,18,25H,10-11H2,1-9H3,(H,23,27,28)/t14-,15-,16+,18+/m0/s1. The van der Waals surface area contributed by atoms with Gasteiger partial charge in [0, 0.05) is 18.2 Å². The first-order valence-corrected chi connectivity index (χ1v) is 13.9. The van der Waals surface area contributed by atoms with Gasteiger partial charge in [0.15, 0.2) is 8.32 Å². The van der Waals surface area contributed by atoms with Gasteiger partial charge in [-0.2, -0.15) is 0 Å². The summed E-state index contributed by atoms with van der Waals surface area (Å²) in [5.74, 6) is -0.542. The molecule has 2 N–H and O–H groups in total. The lowest BCUT2D eigenvalue weighted by Gasteiger charge is -2.39. The van der Waals surface area contributed by atoms with Crippen molar-refractivity contribution >= 4 is 14.3 Å². The molecule has 32 heavy (non-hydrogen) atoms. The monoisotopic (exact) mass is 470 g/mol. The van der Waals surface area contributed by atoms with Crippen LogP contribution in [-0.2, 0) is 18.7 Å². The van der Waals surface area contributed by atoms with Gasteiger partial charge in [0.1, 0.15) is 17.9 Å². The highest BCUT2D eigenvalue weighted by atomic mass is 28.4. The average molecular weight is 471 g/mol. The van der Waals surface area contributed by atoms with Crippen LogP contribution in [0.2, 0.25) is 18.1 Å². The second-order valence-corrected chi connectivity index (χ2v) is 15.8. The third-order valence-electron chi connectivity index (χ3n) is 6.00. The van der Waals surface area contributed by atoms with Crippen LogP contribution in [0.5, 0.6) is 0 Å². The molecule has 2 rings (SSSR count). The molecule has 0 bridgehead atoms. The van der Waals surface area contributed by atoms with E-state index in [1.165, 1.54) is 10.8 Å². The average Bonchev–Trinajstić information content (AvgIpc) is 2.98. The fraction of sp³-hybridized carbons (Fsp3) is 0.773. The highest BCUT2D eigenvalue weighted by Crippen LogP contribution is 2.41. The summed E-state index contributed by atoms with van der Waals surface area (Å²) in [5.41, 5.74) is -1.36. The molecule has 0 aliphatic carbocycles. The Morgan fingerprint density at radius 2 is 1.88 bits per heavy atom. The number of nitrogens with one attached hydrogen (secondary N) is 1. The van der Waals surface area contributed by atoms with E-state index in [0.717, 1.165) is 0 Å². The maximum atomic E-state index is 12.4. The number of rotatable bonds is 6. The Morgan fingerprint density at radius 1 is 1.28 bits per heavy atom. The number of hydrogen-bond donors (Lipinski definition) is 2. The van der Waals surface area contributed by atoms with Crippen LogP contribution >= 0.6 is 0 Å². The van der Waals surface area contributed by atoms with Gasteiger partial charge < -0.3 is 19.0 Å². The Hall–Kier alpha value is -1.75. The molecule has 0 amide bonds. The zero-order valence-electron chi connectivity index (χ0n) is 20.6. The SMILES string of the molecule is Cc1cn([C@H]2C[C@H](O[Si](C)(C)C(C)(C)C)[C@@H]([C@@H](O)CC(=O)OC(C)(C)C)O2)c(=O)[nH]c1=O. The summed E-state index contributed by atoms with van der Waals surface area (Å²) in [6.07, 6.45) is -1.80. The van der Waals surface area contributed by atoms with Gasteiger partial charge in [-0.3, -0.25) is 19.1 Å². The second-order valence-electron chi connectivity index (χ2n) is 11.0. The molecule has 1 aliphatic rings. The minimum absolute atomic E-state index is 0.0861. The van der Waals surface area contributed by atoms with E-state index in [2.05, 4.69) is 38.8 Å². The number of ether oxygens (including phenoxy) is 2. The molecule has 0 unspecified atom stereocenters. The fourth-order valence-electron chi connectivity index (χ4n) is 3.32. The van der Waals surface area contributed by atoms with Crippen molar-refractivity contribution in [1.82, 2.24) is 9.55 Å². The zero-order chi connectivity index (χ0) is 24.6. The van der Waals surface area contributed by atoms with Gasteiger partial charge in [0.05, 0.1) is 18.6 Å². The van der Waals surface area contributed by atoms with Gasteiger partial charge in [-0.1, -0.05) is 20.8 Å². The second kappa shape index (κ2) is 9.24. The van der Waals surface area contributed by atoms with Crippen LogP contribution in [0.1, 0.15) is 66.2 Å². The van der Waals surface area contributed by atoms with Crippen LogP contribution in [0.25, 0.3) is 0 Å². The summed E-state index contributed by atoms with van der Waals surface area (Å²) >= 11 is 0. The predicted molar refractivity (Wildman–Crippen MR) is 123 cm³/mol. The van der Waals surface area contributed by atoms with E-state index in [4.69, 9.17) is 13.9 Å². The lowest BCUT2D eigenvalue weighted by molar-refractivity contribution is -0.161. The van der Waals surface area contributed by atoms with Crippen molar-refractivity contribution in [2.45, 2.75) is 110 Å². The van der Waals surface area contributed by atoms with Gasteiger partial charge in [-0.05, 0) is 45.8 Å². The van der Waals surface area contributed by atoms with E-state index in [1.54, 1.807) is 27.7 Å². The Kier molecular flexibility index (Phi) is 7.65. The number of nitrogens with zero attached hydrogens (tertiary/aromatic N) is 1. The van der Waals surface area contributed by atoms with E-state index in [9.17, 15) is 19.5 Å². The smallest absolute Gasteiger partial charge is 0.330 e. The first-order chi connectivity index (χ1) is 14.4. The molecule has 182 valence electrons. The van der Waals surface area contributed by atoms with Gasteiger partial charge in [0.2, 0.25) is 0 Å². The topological polar surface area (TPSA) is 120 Å². The van der Waals surface area contributed by atoms with Crippen molar-refractivity contribution in [2.24, 2.45) is 0 Å². The molecule has 1 aromatic rings. The lowest BCUT2D eigenvalue weighted by Crippen LogP contribution is -2.48. The third-order valence-corrected chi connectivity index (χ3v) is 10.5. The number of carbonyl (C=O) groups is 1. The summed E-state index contributed by atoms with van der Waals surface area (Å²) in [5, 5.41) is 10.8. The number of aromatic amines is 1. The number of aryl methyl sites for hydroxylation is 1. The van der Waals surface area contributed by atoms with Crippen molar-refractivity contribution in [1.29, 1.82) is 0 Å².